The molecule has 1 unspecified atom stereocenters. The Morgan fingerprint density at radius 3 is 2.67 bits per heavy atom. The minimum atomic E-state index is -0.222. The normalized spacial score (nSPS) is 14.0. The fourth-order valence-electron chi connectivity index (χ4n) is 4.07. The van der Waals surface area contributed by atoms with Gasteiger partial charge in [0.15, 0.2) is 17.3 Å². The van der Waals surface area contributed by atoms with Crippen LogP contribution in [-0.2, 0) is 11.3 Å². The molecule has 0 saturated heterocycles. The van der Waals surface area contributed by atoms with Crippen LogP contribution in [0.15, 0.2) is 71.5 Å². The highest BCUT2D eigenvalue weighted by atomic mass is 16.5. The van der Waals surface area contributed by atoms with Crippen molar-refractivity contribution in [2.24, 2.45) is 0 Å². The fourth-order valence-corrected chi connectivity index (χ4v) is 4.07. The number of rotatable bonds is 6. The Morgan fingerprint density at radius 2 is 1.85 bits per heavy atom. The van der Waals surface area contributed by atoms with Gasteiger partial charge in [0, 0.05) is 23.5 Å². The largest absolute Gasteiger partial charge is 0.490 e. The van der Waals surface area contributed by atoms with Gasteiger partial charge in [-0.2, -0.15) is 0 Å². The van der Waals surface area contributed by atoms with E-state index in [4.69, 9.17) is 13.9 Å². The lowest BCUT2D eigenvalue weighted by Crippen LogP contribution is -2.30. The number of fused-ring (bicyclic) bond motifs is 2. The molecule has 7 heteroatoms. The Hall–Kier alpha value is -4.00. The molecule has 0 saturated carbocycles. The lowest BCUT2D eigenvalue weighted by atomic mass is 10.1. The maximum atomic E-state index is 12.9. The third-order valence-electron chi connectivity index (χ3n) is 5.74. The first-order valence-electron chi connectivity index (χ1n) is 10.9. The number of hydrogen-bond acceptors (Lipinski definition) is 5. The highest BCUT2D eigenvalue weighted by Crippen LogP contribution is 2.32. The first-order valence-corrected chi connectivity index (χ1v) is 10.9. The van der Waals surface area contributed by atoms with E-state index in [1.54, 1.807) is 22.9 Å². The second-order valence-electron chi connectivity index (χ2n) is 8.04. The van der Waals surface area contributed by atoms with Crippen molar-refractivity contribution in [2.45, 2.75) is 25.9 Å². The maximum absolute atomic E-state index is 12.9. The zero-order valence-electron chi connectivity index (χ0n) is 18.2. The van der Waals surface area contributed by atoms with Gasteiger partial charge >= 0.3 is 0 Å². The molecule has 0 aliphatic carbocycles. The number of carbonyl (C=O) groups is 2. The summed E-state index contributed by atoms with van der Waals surface area (Å²) in [5, 5.41) is 3.82. The summed E-state index contributed by atoms with van der Waals surface area (Å²) in [6.45, 7) is 3.25. The predicted octanol–water partition coefficient (Wildman–Crippen LogP) is 4.50. The first kappa shape index (κ1) is 20.9. The lowest BCUT2D eigenvalue weighted by Gasteiger charge is -2.17. The second-order valence-corrected chi connectivity index (χ2v) is 8.04. The van der Waals surface area contributed by atoms with Crippen LogP contribution in [0.2, 0.25) is 0 Å². The summed E-state index contributed by atoms with van der Waals surface area (Å²) in [5.74, 6) is 1.32. The smallest absolute Gasteiger partial charge is 0.240 e. The van der Waals surface area contributed by atoms with Crippen molar-refractivity contribution in [3.63, 3.8) is 0 Å². The predicted molar refractivity (Wildman–Crippen MR) is 123 cm³/mol. The average molecular weight is 444 g/mol. The van der Waals surface area contributed by atoms with Crippen LogP contribution in [0, 0.1) is 0 Å². The Bertz CT molecular complexity index is 1310. The third kappa shape index (κ3) is 4.22. The molecule has 2 aromatic heterocycles. The van der Waals surface area contributed by atoms with Gasteiger partial charge in [-0.15, -0.1) is 0 Å². The van der Waals surface area contributed by atoms with Crippen LogP contribution < -0.4 is 14.8 Å². The van der Waals surface area contributed by atoms with Crippen LogP contribution in [0.25, 0.3) is 10.9 Å². The first-order chi connectivity index (χ1) is 16.1. The molecule has 0 fully saturated rings. The summed E-state index contributed by atoms with van der Waals surface area (Å²) in [7, 11) is 0. The van der Waals surface area contributed by atoms with E-state index in [0.717, 1.165) is 28.6 Å². The molecule has 0 spiro atoms. The summed E-state index contributed by atoms with van der Waals surface area (Å²) in [5.41, 5.74) is 2.24. The van der Waals surface area contributed by atoms with Crippen LogP contribution in [0.1, 0.15) is 41.1 Å². The summed E-state index contributed by atoms with van der Waals surface area (Å²) >= 11 is 0. The quantitative estimate of drug-likeness (QED) is 0.443. The van der Waals surface area contributed by atoms with Crippen molar-refractivity contribution in [1.82, 2.24) is 9.88 Å². The van der Waals surface area contributed by atoms with Crippen LogP contribution in [0.4, 0.5) is 0 Å². The Kier molecular flexibility index (Phi) is 5.60. The van der Waals surface area contributed by atoms with E-state index in [0.29, 0.717) is 24.5 Å². The molecule has 1 aliphatic rings. The third-order valence-corrected chi connectivity index (χ3v) is 5.74. The molecule has 1 aliphatic heterocycles. The number of furan rings is 1. The minimum absolute atomic E-state index is 0.0842. The van der Waals surface area contributed by atoms with E-state index in [-0.39, 0.29) is 30.0 Å². The Morgan fingerprint density at radius 1 is 1.03 bits per heavy atom. The van der Waals surface area contributed by atoms with Crippen molar-refractivity contribution in [1.29, 1.82) is 0 Å². The molecule has 168 valence electrons. The molecule has 0 radical (unpaired) electrons. The highest BCUT2D eigenvalue weighted by Gasteiger charge is 2.20. The van der Waals surface area contributed by atoms with Gasteiger partial charge in [-0.1, -0.05) is 24.3 Å². The van der Waals surface area contributed by atoms with Gasteiger partial charge < -0.3 is 23.8 Å². The molecule has 4 aromatic rings. The summed E-state index contributed by atoms with van der Waals surface area (Å²) in [4.78, 5) is 25.8. The van der Waals surface area contributed by atoms with E-state index in [1.165, 1.54) is 6.26 Å². The lowest BCUT2D eigenvalue weighted by molar-refractivity contribution is -0.122. The Balaban J connectivity index is 1.34. The number of carbonyl (C=O) groups excluding carboxylic acids is 2. The maximum Gasteiger partial charge on any atom is 0.240 e. The number of ketones is 1. The Labute approximate surface area is 190 Å². The van der Waals surface area contributed by atoms with Crippen molar-refractivity contribution in [3.8, 4) is 11.5 Å². The number of benzene rings is 2. The molecule has 0 bridgehead atoms. The van der Waals surface area contributed by atoms with Gasteiger partial charge in [-0.25, -0.2) is 0 Å². The number of amides is 1. The number of aromatic nitrogens is 1. The van der Waals surface area contributed by atoms with E-state index >= 15 is 0 Å². The number of hydrogen-bond donors (Lipinski definition) is 1. The molecule has 1 atom stereocenters. The van der Waals surface area contributed by atoms with Gasteiger partial charge in [0.1, 0.15) is 6.54 Å². The zero-order chi connectivity index (χ0) is 22.8. The zero-order valence-corrected chi connectivity index (χ0v) is 18.2. The van der Waals surface area contributed by atoms with Crippen molar-refractivity contribution < 1.29 is 23.5 Å². The number of nitrogens with one attached hydrogen (secondary N) is 1. The number of ether oxygens (including phenoxy) is 2. The number of para-hydroxylation sites is 1. The van der Waals surface area contributed by atoms with Crippen LogP contribution in [0.3, 0.4) is 0 Å². The van der Waals surface area contributed by atoms with Crippen LogP contribution in [0.5, 0.6) is 11.5 Å². The van der Waals surface area contributed by atoms with Gasteiger partial charge in [-0.05, 0) is 42.8 Å². The molecule has 2 aromatic carbocycles. The molecule has 1 N–H and O–H groups in total. The summed E-state index contributed by atoms with van der Waals surface area (Å²) in [6, 6.07) is 16.4. The van der Waals surface area contributed by atoms with Gasteiger partial charge in [0.25, 0.3) is 0 Å². The molecule has 7 nitrogen and oxygen atoms in total. The minimum Gasteiger partial charge on any atom is -0.490 e. The second kappa shape index (κ2) is 8.86. The monoisotopic (exact) mass is 444 g/mol. The SMILES string of the molecule is CC(NC(=O)Cn1cc(C(=O)c2ccco2)c2ccccc21)c1ccc2c(c1)OCCCO2. The topological polar surface area (TPSA) is 82.7 Å². The summed E-state index contributed by atoms with van der Waals surface area (Å²) < 4.78 is 18.5. The van der Waals surface area contributed by atoms with Gasteiger partial charge in [-0.3, -0.25) is 9.59 Å². The molecule has 5 rings (SSSR count). The van der Waals surface area contributed by atoms with Gasteiger partial charge in [0.05, 0.1) is 31.1 Å². The van der Waals surface area contributed by atoms with E-state index in [2.05, 4.69) is 5.32 Å². The fraction of sp³-hybridized carbons (Fsp3) is 0.231. The van der Waals surface area contributed by atoms with E-state index in [1.807, 2.05) is 49.4 Å². The van der Waals surface area contributed by atoms with Crippen molar-refractivity contribution in [3.05, 3.63) is 83.9 Å². The molecule has 1 amide bonds. The van der Waals surface area contributed by atoms with E-state index < -0.39 is 0 Å². The van der Waals surface area contributed by atoms with Gasteiger partial charge in [0.2, 0.25) is 11.7 Å². The standard InChI is InChI=1S/C26H24N2O5/c1-17(18-9-10-22-24(14-18)33-13-5-12-31-22)27-25(29)16-28-15-20(19-6-2-3-7-21(19)28)26(30)23-8-4-11-32-23/h2-4,6-11,14-15,17H,5,12-13,16H2,1H3,(H,27,29). The van der Waals surface area contributed by atoms with Crippen LogP contribution >= 0.6 is 0 Å². The van der Waals surface area contributed by atoms with Crippen molar-refractivity contribution in [2.75, 3.05) is 13.2 Å². The number of nitrogens with zero attached hydrogens (tertiary/aromatic N) is 1. The average Bonchev–Trinajstić information content (AvgIpc) is 3.41. The molecular weight excluding hydrogens is 420 g/mol. The molecular formula is C26H24N2O5. The van der Waals surface area contributed by atoms with Crippen LogP contribution in [-0.4, -0.2) is 29.5 Å². The molecule has 3 heterocycles. The summed E-state index contributed by atoms with van der Waals surface area (Å²) in [6.07, 6.45) is 4.03. The molecule has 33 heavy (non-hydrogen) atoms. The van der Waals surface area contributed by atoms with E-state index in [9.17, 15) is 9.59 Å². The van der Waals surface area contributed by atoms with Crippen molar-refractivity contribution >= 4 is 22.6 Å². The highest BCUT2D eigenvalue weighted by molar-refractivity contribution is 6.15.